The maximum absolute atomic E-state index is 12.5. The predicted molar refractivity (Wildman–Crippen MR) is 93.2 cm³/mol. The maximum atomic E-state index is 12.5. The molecular formula is C17H19N7O. The molecule has 3 aromatic rings. The molecule has 1 fully saturated rings. The summed E-state index contributed by atoms with van der Waals surface area (Å²) < 4.78 is 1.83. The number of aromatic nitrogens is 5. The first-order valence-electron chi connectivity index (χ1n) is 8.31. The average molecular weight is 337 g/mol. The fourth-order valence-electron chi connectivity index (χ4n) is 3.12. The van der Waals surface area contributed by atoms with Crippen molar-refractivity contribution in [3.63, 3.8) is 0 Å². The van der Waals surface area contributed by atoms with Crippen LogP contribution in [0.25, 0.3) is 11.2 Å². The number of piperidine rings is 1. The number of imidazole rings is 1. The highest BCUT2D eigenvalue weighted by Crippen LogP contribution is 2.17. The zero-order chi connectivity index (χ0) is 17.2. The van der Waals surface area contributed by atoms with Gasteiger partial charge in [0.15, 0.2) is 11.5 Å². The van der Waals surface area contributed by atoms with Gasteiger partial charge in [0.25, 0.3) is 5.91 Å². The summed E-state index contributed by atoms with van der Waals surface area (Å²) in [4.78, 5) is 23.3. The lowest BCUT2D eigenvalue weighted by molar-refractivity contribution is 0.0931. The molecule has 0 atom stereocenters. The SMILES string of the molecule is Cn1cnc2cc(C(=O)NC3CCN(c4cccnn4)CC3)cnc21. The molecule has 3 aromatic heterocycles. The van der Waals surface area contributed by atoms with Gasteiger partial charge in [0, 0.05) is 38.6 Å². The van der Waals surface area contributed by atoms with E-state index in [1.54, 1.807) is 24.8 Å². The molecule has 0 spiro atoms. The van der Waals surface area contributed by atoms with Crippen LogP contribution in [0.4, 0.5) is 5.82 Å². The molecule has 4 rings (SSSR count). The summed E-state index contributed by atoms with van der Waals surface area (Å²) >= 11 is 0. The van der Waals surface area contributed by atoms with Gasteiger partial charge in [0.2, 0.25) is 0 Å². The first kappa shape index (κ1) is 15.5. The third-order valence-electron chi connectivity index (χ3n) is 4.53. The summed E-state index contributed by atoms with van der Waals surface area (Å²) in [5, 5.41) is 11.2. The Morgan fingerprint density at radius 1 is 1.28 bits per heavy atom. The lowest BCUT2D eigenvalue weighted by Gasteiger charge is -2.32. The van der Waals surface area contributed by atoms with Gasteiger partial charge in [-0.1, -0.05) is 0 Å². The third kappa shape index (κ3) is 3.15. The van der Waals surface area contributed by atoms with Crippen molar-refractivity contribution in [3.8, 4) is 0 Å². The molecular weight excluding hydrogens is 318 g/mol. The van der Waals surface area contributed by atoms with Gasteiger partial charge in [-0.05, 0) is 31.0 Å². The Balaban J connectivity index is 1.38. The van der Waals surface area contributed by atoms with E-state index in [1.807, 2.05) is 23.7 Å². The standard InChI is InChI=1S/C17H19N7O/c1-23-11-19-14-9-12(10-18-16(14)23)17(25)21-13-4-7-24(8-5-13)15-3-2-6-20-22-15/h2-3,6,9-11,13H,4-5,7-8H2,1H3,(H,21,25). The van der Waals surface area contributed by atoms with Gasteiger partial charge >= 0.3 is 0 Å². The van der Waals surface area contributed by atoms with Crippen LogP contribution in [0, 0.1) is 0 Å². The minimum absolute atomic E-state index is 0.0991. The van der Waals surface area contributed by atoms with Crippen LogP contribution in [-0.4, -0.2) is 49.8 Å². The summed E-state index contributed by atoms with van der Waals surface area (Å²) in [5.74, 6) is 0.787. The molecule has 25 heavy (non-hydrogen) atoms. The van der Waals surface area contributed by atoms with Crippen LogP contribution in [0.15, 0.2) is 36.9 Å². The molecule has 8 nitrogen and oxygen atoms in total. The summed E-state index contributed by atoms with van der Waals surface area (Å²) in [6.45, 7) is 1.70. The van der Waals surface area contributed by atoms with Gasteiger partial charge in [-0.25, -0.2) is 9.97 Å². The van der Waals surface area contributed by atoms with Crippen LogP contribution >= 0.6 is 0 Å². The monoisotopic (exact) mass is 337 g/mol. The average Bonchev–Trinajstić information content (AvgIpc) is 3.03. The Bertz CT molecular complexity index is 884. The number of amides is 1. The number of nitrogens with one attached hydrogen (secondary N) is 1. The van der Waals surface area contributed by atoms with Crippen molar-refractivity contribution in [2.75, 3.05) is 18.0 Å². The van der Waals surface area contributed by atoms with E-state index in [0.717, 1.165) is 42.9 Å². The van der Waals surface area contributed by atoms with Gasteiger partial charge in [0.1, 0.15) is 5.52 Å². The van der Waals surface area contributed by atoms with E-state index in [4.69, 9.17) is 0 Å². The van der Waals surface area contributed by atoms with E-state index < -0.39 is 0 Å². The van der Waals surface area contributed by atoms with Crippen molar-refractivity contribution in [1.29, 1.82) is 0 Å². The van der Waals surface area contributed by atoms with Crippen LogP contribution in [0.5, 0.6) is 0 Å². The van der Waals surface area contributed by atoms with Gasteiger partial charge in [-0.2, -0.15) is 5.10 Å². The Labute approximate surface area is 144 Å². The van der Waals surface area contributed by atoms with Crippen LogP contribution in [-0.2, 0) is 7.05 Å². The quantitative estimate of drug-likeness (QED) is 0.771. The number of hydrogen-bond acceptors (Lipinski definition) is 6. The fraction of sp³-hybridized carbons (Fsp3) is 0.353. The topological polar surface area (TPSA) is 88.8 Å². The number of pyridine rings is 1. The number of anilines is 1. The van der Waals surface area contributed by atoms with E-state index in [9.17, 15) is 4.79 Å². The Morgan fingerprint density at radius 2 is 2.12 bits per heavy atom. The number of fused-ring (bicyclic) bond motifs is 1. The second kappa shape index (κ2) is 6.46. The Morgan fingerprint density at radius 3 is 2.88 bits per heavy atom. The van der Waals surface area contributed by atoms with E-state index in [0.29, 0.717) is 5.56 Å². The van der Waals surface area contributed by atoms with E-state index in [1.165, 1.54) is 0 Å². The second-order valence-corrected chi connectivity index (χ2v) is 6.24. The van der Waals surface area contributed by atoms with Gasteiger partial charge in [0.05, 0.1) is 11.9 Å². The molecule has 1 aliphatic heterocycles. The zero-order valence-corrected chi connectivity index (χ0v) is 14.0. The number of carbonyl (C=O) groups is 1. The molecule has 0 unspecified atom stereocenters. The smallest absolute Gasteiger partial charge is 0.253 e. The minimum atomic E-state index is -0.0991. The van der Waals surface area contributed by atoms with Crippen molar-refractivity contribution >= 4 is 22.9 Å². The number of carbonyl (C=O) groups excluding carboxylic acids is 1. The lowest BCUT2D eigenvalue weighted by Crippen LogP contribution is -2.45. The number of hydrogen-bond donors (Lipinski definition) is 1. The molecule has 0 bridgehead atoms. The number of rotatable bonds is 3. The van der Waals surface area contributed by atoms with Crippen LogP contribution in [0.1, 0.15) is 23.2 Å². The van der Waals surface area contributed by atoms with Crippen LogP contribution in [0.2, 0.25) is 0 Å². The highest BCUT2D eigenvalue weighted by molar-refractivity contribution is 5.96. The lowest BCUT2D eigenvalue weighted by atomic mass is 10.0. The molecule has 1 N–H and O–H groups in total. The van der Waals surface area contributed by atoms with E-state index >= 15 is 0 Å². The summed E-state index contributed by atoms with van der Waals surface area (Å²) in [6.07, 6.45) is 6.72. The second-order valence-electron chi connectivity index (χ2n) is 6.24. The van der Waals surface area contributed by atoms with Gasteiger partial charge in [-0.3, -0.25) is 4.79 Å². The zero-order valence-electron chi connectivity index (χ0n) is 14.0. The fourth-order valence-corrected chi connectivity index (χ4v) is 3.12. The van der Waals surface area contributed by atoms with E-state index in [2.05, 4.69) is 30.4 Å². The van der Waals surface area contributed by atoms with Crippen molar-refractivity contribution < 1.29 is 4.79 Å². The summed E-state index contributed by atoms with van der Waals surface area (Å²) in [6, 6.07) is 5.78. The third-order valence-corrected chi connectivity index (χ3v) is 4.53. The Hall–Kier alpha value is -3.03. The molecule has 0 aromatic carbocycles. The van der Waals surface area contributed by atoms with Crippen molar-refractivity contribution in [2.24, 2.45) is 7.05 Å². The van der Waals surface area contributed by atoms with Crippen LogP contribution < -0.4 is 10.2 Å². The van der Waals surface area contributed by atoms with Crippen molar-refractivity contribution in [3.05, 3.63) is 42.5 Å². The molecule has 128 valence electrons. The molecule has 0 radical (unpaired) electrons. The summed E-state index contributed by atoms with van der Waals surface area (Å²) in [5.41, 5.74) is 2.05. The maximum Gasteiger partial charge on any atom is 0.253 e. The number of aryl methyl sites for hydroxylation is 1. The molecule has 8 heteroatoms. The predicted octanol–water partition coefficient (Wildman–Crippen LogP) is 1.16. The first-order valence-corrected chi connectivity index (χ1v) is 8.31. The molecule has 1 saturated heterocycles. The molecule has 1 aliphatic rings. The Kier molecular flexibility index (Phi) is 4.01. The van der Waals surface area contributed by atoms with E-state index in [-0.39, 0.29) is 11.9 Å². The van der Waals surface area contributed by atoms with Gasteiger partial charge < -0.3 is 14.8 Å². The summed E-state index contributed by atoms with van der Waals surface area (Å²) in [7, 11) is 1.88. The highest BCUT2D eigenvalue weighted by Gasteiger charge is 2.22. The molecule has 4 heterocycles. The molecule has 0 saturated carbocycles. The normalized spacial score (nSPS) is 15.5. The van der Waals surface area contributed by atoms with Crippen molar-refractivity contribution in [1.82, 2.24) is 30.0 Å². The van der Waals surface area contributed by atoms with Crippen molar-refractivity contribution in [2.45, 2.75) is 18.9 Å². The number of nitrogens with zero attached hydrogens (tertiary/aromatic N) is 6. The molecule has 0 aliphatic carbocycles. The van der Waals surface area contributed by atoms with Gasteiger partial charge in [-0.15, -0.1) is 5.10 Å². The largest absolute Gasteiger partial charge is 0.355 e. The first-order chi connectivity index (χ1) is 12.2. The van der Waals surface area contributed by atoms with Crippen LogP contribution in [0.3, 0.4) is 0 Å². The molecule has 1 amide bonds. The minimum Gasteiger partial charge on any atom is -0.355 e. The highest BCUT2D eigenvalue weighted by atomic mass is 16.1.